The van der Waals surface area contributed by atoms with Crippen molar-refractivity contribution < 1.29 is 18.0 Å². The number of rotatable bonds is 13. The number of sulfonamides is 1. The minimum Gasteiger partial charge on any atom is -0.344 e. The van der Waals surface area contributed by atoms with Crippen molar-refractivity contribution >= 4 is 58.3 Å². The van der Waals surface area contributed by atoms with Gasteiger partial charge in [0, 0.05) is 75.8 Å². The highest BCUT2D eigenvalue weighted by Gasteiger charge is 2.34. The van der Waals surface area contributed by atoms with Crippen molar-refractivity contribution in [3.63, 3.8) is 0 Å². The second-order valence-electron chi connectivity index (χ2n) is 13.3. The maximum Gasteiger partial charge on any atom is 0.245 e. The van der Waals surface area contributed by atoms with E-state index in [0.717, 1.165) is 24.1 Å². The van der Waals surface area contributed by atoms with E-state index in [-0.39, 0.29) is 55.1 Å². The molecule has 2 heterocycles. The lowest BCUT2D eigenvalue weighted by Crippen LogP contribution is -2.58. The van der Waals surface area contributed by atoms with Crippen LogP contribution in [0.15, 0.2) is 48.5 Å². The quantitative estimate of drug-likeness (QED) is 0.292. The molecule has 3 unspecified atom stereocenters. The minimum absolute atomic E-state index is 0. The smallest absolute Gasteiger partial charge is 0.245 e. The third-order valence-corrected chi connectivity index (χ3v) is 11.7. The van der Waals surface area contributed by atoms with Crippen LogP contribution in [0.25, 0.3) is 0 Å². The van der Waals surface area contributed by atoms with Gasteiger partial charge in [-0.3, -0.25) is 14.5 Å². The van der Waals surface area contributed by atoms with Gasteiger partial charge in [0.25, 0.3) is 0 Å². The first kappa shape index (κ1) is 40.5. The van der Waals surface area contributed by atoms with Gasteiger partial charge in [-0.05, 0) is 41.2 Å². The summed E-state index contributed by atoms with van der Waals surface area (Å²) in [5.41, 5.74) is 3.26. The molecule has 0 spiro atoms. The fourth-order valence-electron chi connectivity index (χ4n) is 7.46. The second-order valence-corrected chi connectivity index (χ2v) is 15.7. The maximum absolute atomic E-state index is 14.1. The van der Waals surface area contributed by atoms with E-state index in [1.165, 1.54) is 43.9 Å². The Morgan fingerprint density at radius 3 is 2.31 bits per heavy atom. The first-order valence-corrected chi connectivity index (χ1v) is 19.2. The summed E-state index contributed by atoms with van der Waals surface area (Å²) in [5, 5.41) is 7.14. The molecule has 2 amide bonds. The van der Waals surface area contributed by atoms with E-state index < -0.39 is 16.1 Å². The van der Waals surface area contributed by atoms with Gasteiger partial charge < -0.3 is 15.5 Å². The maximum atomic E-state index is 14.1. The van der Waals surface area contributed by atoms with Gasteiger partial charge in [-0.25, -0.2) is 12.7 Å². The molecule has 9 nitrogen and oxygen atoms in total. The molecule has 2 aromatic carbocycles. The van der Waals surface area contributed by atoms with Crippen LogP contribution in [0.4, 0.5) is 0 Å². The van der Waals surface area contributed by atoms with Crippen LogP contribution in [0.2, 0.25) is 5.02 Å². The van der Waals surface area contributed by atoms with Gasteiger partial charge in [0.05, 0.1) is 6.26 Å². The fourth-order valence-corrected chi connectivity index (χ4v) is 8.50. The summed E-state index contributed by atoms with van der Waals surface area (Å²) in [6, 6.07) is 14.9. The third-order valence-electron chi connectivity index (χ3n) is 10.1. The lowest BCUT2D eigenvalue weighted by Gasteiger charge is -2.42. The van der Waals surface area contributed by atoms with E-state index in [0.29, 0.717) is 56.6 Å². The average Bonchev–Trinajstić information content (AvgIpc) is 3.45. The monoisotopic (exact) mass is 743 g/mol. The normalized spacial score (nSPS) is 19.9. The molecular formula is C35H52Cl3N5O4S. The van der Waals surface area contributed by atoms with Crippen molar-refractivity contribution in [2.45, 2.75) is 83.0 Å². The number of carbonyl (C=O) groups excluding carboxylic acids is 2. The van der Waals surface area contributed by atoms with Crippen LogP contribution in [0.3, 0.4) is 0 Å². The van der Waals surface area contributed by atoms with Gasteiger partial charge in [0.1, 0.15) is 6.04 Å². The number of nitrogens with zero attached hydrogens (tertiary/aromatic N) is 3. The molecule has 13 heteroatoms. The lowest BCUT2D eigenvalue weighted by atomic mass is 9.84. The predicted octanol–water partition coefficient (Wildman–Crippen LogP) is 5.21. The standard InChI is InChI=1S/C35H50ClN5O4S.2ClH/c1-3-41(46(2,44)45)25-30(21-26-9-5-4-6-10-26)39-17-19-40(20-18-39)35(43)33(22-27-13-15-29(36)16-14-27)38-34(42)23-32-31-12-8-7-11-28(31)24-37-32;;/h7-8,11-16,26,30,32-33,37H,3-6,9-10,17-25H2,1-2H3,(H,38,42);2*1H. The van der Waals surface area contributed by atoms with Gasteiger partial charge in [0.2, 0.25) is 21.8 Å². The molecule has 48 heavy (non-hydrogen) atoms. The number of halogens is 3. The van der Waals surface area contributed by atoms with E-state index in [2.05, 4.69) is 27.7 Å². The molecule has 1 saturated heterocycles. The molecule has 0 bridgehead atoms. The molecule has 2 aliphatic heterocycles. The van der Waals surface area contributed by atoms with Gasteiger partial charge in [-0.15, -0.1) is 24.8 Å². The van der Waals surface area contributed by atoms with E-state index in [4.69, 9.17) is 11.6 Å². The summed E-state index contributed by atoms with van der Waals surface area (Å²) in [6.45, 7) is 5.98. The molecule has 2 aromatic rings. The van der Waals surface area contributed by atoms with E-state index in [9.17, 15) is 18.0 Å². The molecule has 1 saturated carbocycles. The van der Waals surface area contributed by atoms with Gasteiger partial charge in [0.15, 0.2) is 0 Å². The average molecular weight is 745 g/mol. The van der Waals surface area contributed by atoms with Crippen molar-refractivity contribution in [1.29, 1.82) is 0 Å². The third kappa shape index (κ3) is 11.0. The molecule has 268 valence electrons. The Kier molecular flexibility index (Phi) is 15.9. The molecule has 2 N–H and O–H groups in total. The Labute approximate surface area is 304 Å². The number of benzene rings is 2. The van der Waals surface area contributed by atoms with E-state index in [1.54, 1.807) is 16.4 Å². The predicted molar refractivity (Wildman–Crippen MR) is 197 cm³/mol. The summed E-state index contributed by atoms with van der Waals surface area (Å²) < 4.78 is 26.6. The Morgan fingerprint density at radius 2 is 1.67 bits per heavy atom. The Hall–Kier alpha value is -1.92. The summed E-state index contributed by atoms with van der Waals surface area (Å²) in [4.78, 5) is 31.7. The number of hydrogen-bond acceptors (Lipinski definition) is 6. The van der Waals surface area contributed by atoms with E-state index >= 15 is 0 Å². The molecule has 0 radical (unpaired) electrons. The lowest BCUT2D eigenvalue weighted by molar-refractivity contribution is -0.138. The van der Waals surface area contributed by atoms with Crippen LogP contribution in [0, 0.1) is 5.92 Å². The fraction of sp³-hybridized carbons (Fsp3) is 0.600. The second kappa shape index (κ2) is 18.9. The van der Waals surface area contributed by atoms with Crippen LogP contribution < -0.4 is 10.6 Å². The first-order chi connectivity index (χ1) is 22.1. The number of fused-ring (bicyclic) bond motifs is 1. The summed E-state index contributed by atoms with van der Waals surface area (Å²) >= 11 is 6.13. The van der Waals surface area contributed by atoms with Gasteiger partial charge >= 0.3 is 0 Å². The molecular weight excluding hydrogens is 693 g/mol. The number of hydrogen-bond donors (Lipinski definition) is 2. The van der Waals surface area contributed by atoms with Crippen LogP contribution in [0.1, 0.15) is 74.6 Å². The topological polar surface area (TPSA) is 102 Å². The number of likely N-dealkylation sites (N-methyl/N-ethyl adjacent to an activating group) is 1. The van der Waals surface area contributed by atoms with E-state index in [1.807, 2.05) is 36.1 Å². The number of carbonyl (C=O) groups is 2. The number of piperazine rings is 1. The first-order valence-electron chi connectivity index (χ1n) is 16.9. The largest absolute Gasteiger partial charge is 0.344 e. The number of nitrogens with one attached hydrogen (secondary N) is 2. The Balaban J connectivity index is 0.00000312. The van der Waals surface area contributed by atoms with Crippen LogP contribution in [-0.2, 0) is 32.6 Å². The zero-order valence-corrected chi connectivity index (χ0v) is 31.3. The highest BCUT2D eigenvalue weighted by atomic mass is 35.5. The van der Waals surface area contributed by atoms with Crippen LogP contribution >= 0.6 is 36.4 Å². The van der Waals surface area contributed by atoms with Crippen molar-refractivity contribution in [2.75, 3.05) is 45.5 Å². The molecule has 1 aliphatic carbocycles. The molecule has 5 rings (SSSR count). The van der Waals surface area contributed by atoms with Gasteiger partial charge in [-0.2, -0.15) is 0 Å². The molecule has 3 atom stereocenters. The zero-order chi connectivity index (χ0) is 32.7. The minimum atomic E-state index is -3.31. The summed E-state index contributed by atoms with van der Waals surface area (Å²) in [7, 11) is -3.31. The highest BCUT2D eigenvalue weighted by molar-refractivity contribution is 7.88. The van der Waals surface area contributed by atoms with Crippen LogP contribution in [-0.4, -0.2) is 91.9 Å². The van der Waals surface area contributed by atoms with Crippen molar-refractivity contribution in [3.8, 4) is 0 Å². The van der Waals surface area contributed by atoms with Crippen molar-refractivity contribution in [3.05, 3.63) is 70.2 Å². The summed E-state index contributed by atoms with van der Waals surface area (Å²) in [6.07, 6.45) is 9.08. The zero-order valence-electron chi connectivity index (χ0n) is 28.1. The Morgan fingerprint density at radius 1 is 1.00 bits per heavy atom. The van der Waals surface area contributed by atoms with Gasteiger partial charge in [-0.1, -0.05) is 87.0 Å². The van der Waals surface area contributed by atoms with Crippen molar-refractivity contribution in [1.82, 2.24) is 24.7 Å². The molecule has 0 aromatic heterocycles. The van der Waals surface area contributed by atoms with Crippen molar-refractivity contribution in [2.24, 2.45) is 5.92 Å². The molecule has 3 aliphatic rings. The highest BCUT2D eigenvalue weighted by Crippen LogP contribution is 2.30. The van der Waals surface area contributed by atoms with Crippen LogP contribution in [0.5, 0.6) is 0 Å². The molecule has 2 fully saturated rings. The number of amides is 2. The Bertz CT molecular complexity index is 1430. The summed E-state index contributed by atoms with van der Waals surface area (Å²) in [5.74, 6) is 0.364. The SMILES string of the molecule is CCN(CC(CC1CCCCC1)N1CCN(C(=O)C(Cc2ccc(Cl)cc2)NC(=O)CC2NCc3ccccc32)CC1)S(C)(=O)=O.Cl.Cl.